The van der Waals surface area contributed by atoms with Gasteiger partial charge in [-0.2, -0.15) is 0 Å². The van der Waals surface area contributed by atoms with E-state index in [-0.39, 0.29) is 11.7 Å². The Morgan fingerprint density at radius 1 is 0.929 bits per heavy atom. The first-order chi connectivity index (χ1) is 13.6. The van der Waals surface area contributed by atoms with E-state index < -0.39 is 0 Å². The second kappa shape index (κ2) is 10.0. The van der Waals surface area contributed by atoms with Gasteiger partial charge in [-0.25, -0.2) is 0 Å². The lowest BCUT2D eigenvalue weighted by Gasteiger charge is -2.35. The zero-order valence-corrected chi connectivity index (χ0v) is 16.6. The lowest BCUT2D eigenvalue weighted by atomic mass is 10.1. The van der Waals surface area contributed by atoms with Crippen LogP contribution in [-0.4, -0.2) is 55.9 Å². The minimum atomic E-state index is 0.0890. The van der Waals surface area contributed by atoms with E-state index in [2.05, 4.69) is 27.2 Å². The molecule has 1 heterocycles. The quantitative estimate of drug-likeness (QED) is 0.566. The molecule has 0 atom stereocenters. The van der Waals surface area contributed by atoms with Crippen LogP contribution in [0.1, 0.15) is 29.3 Å². The molecular formula is C23H29N3O2. The summed E-state index contributed by atoms with van der Waals surface area (Å²) in [6, 6.07) is 18.1. The number of amides is 1. The van der Waals surface area contributed by atoms with Crippen LogP contribution in [0.2, 0.25) is 0 Å². The first-order valence-corrected chi connectivity index (χ1v) is 10.0. The second-order valence-corrected chi connectivity index (χ2v) is 7.31. The monoisotopic (exact) mass is 379 g/mol. The Balaban J connectivity index is 1.34. The zero-order valence-electron chi connectivity index (χ0n) is 16.6. The van der Waals surface area contributed by atoms with Crippen LogP contribution in [0.3, 0.4) is 0 Å². The fourth-order valence-electron chi connectivity index (χ4n) is 3.50. The number of hydrogen-bond donors (Lipinski definition) is 1. The summed E-state index contributed by atoms with van der Waals surface area (Å²) in [7, 11) is 0. The predicted octanol–water partition coefficient (Wildman–Crippen LogP) is 2.76. The summed E-state index contributed by atoms with van der Waals surface area (Å²) in [4.78, 5) is 28.1. The fourth-order valence-corrected chi connectivity index (χ4v) is 3.50. The van der Waals surface area contributed by atoms with Gasteiger partial charge in [0.2, 0.25) is 5.91 Å². The van der Waals surface area contributed by atoms with Gasteiger partial charge in [-0.3, -0.25) is 14.5 Å². The zero-order chi connectivity index (χ0) is 19.8. The molecule has 3 rings (SSSR count). The highest BCUT2D eigenvalue weighted by Gasteiger charge is 2.19. The molecule has 1 aliphatic heterocycles. The van der Waals surface area contributed by atoms with Gasteiger partial charge in [0.1, 0.15) is 0 Å². The van der Waals surface area contributed by atoms with E-state index in [1.807, 2.05) is 42.5 Å². The largest absolute Gasteiger partial charge is 0.369 e. The smallest absolute Gasteiger partial charge is 0.234 e. The van der Waals surface area contributed by atoms with Crippen LogP contribution >= 0.6 is 0 Å². The summed E-state index contributed by atoms with van der Waals surface area (Å²) in [5.41, 5.74) is 3.19. The van der Waals surface area contributed by atoms with Crippen molar-refractivity contribution < 1.29 is 9.59 Å². The van der Waals surface area contributed by atoms with Crippen LogP contribution in [0.4, 0.5) is 5.69 Å². The Kier molecular flexibility index (Phi) is 7.20. The van der Waals surface area contributed by atoms with Gasteiger partial charge in [-0.1, -0.05) is 30.3 Å². The van der Waals surface area contributed by atoms with E-state index in [1.54, 1.807) is 6.92 Å². The van der Waals surface area contributed by atoms with Gasteiger partial charge in [0.15, 0.2) is 5.78 Å². The molecule has 2 aromatic rings. The van der Waals surface area contributed by atoms with Crippen molar-refractivity contribution in [2.24, 2.45) is 0 Å². The molecule has 1 fully saturated rings. The third-order valence-corrected chi connectivity index (χ3v) is 5.19. The standard InChI is InChI=1S/C23H29N3O2/c1-19(27)21-9-11-22(12-10-21)26-16-14-25(15-17-26)18-23(28)24-13-5-8-20-6-3-2-4-7-20/h2-4,6-7,9-12H,5,8,13-18H2,1H3,(H,24,28). The first kappa shape index (κ1) is 20.1. The Morgan fingerprint density at radius 2 is 1.61 bits per heavy atom. The lowest BCUT2D eigenvalue weighted by molar-refractivity contribution is -0.122. The number of carbonyl (C=O) groups is 2. The number of rotatable bonds is 8. The number of piperazine rings is 1. The Hall–Kier alpha value is -2.66. The maximum atomic E-state index is 12.2. The molecule has 0 spiro atoms. The van der Waals surface area contributed by atoms with Crippen molar-refractivity contribution in [1.29, 1.82) is 0 Å². The minimum Gasteiger partial charge on any atom is -0.369 e. The van der Waals surface area contributed by atoms with E-state index in [4.69, 9.17) is 0 Å². The highest BCUT2D eigenvalue weighted by Crippen LogP contribution is 2.17. The predicted molar refractivity (Wildman–Crippen MR) is 113 cm³/mol. The number of Topliss-reactive ketones (excluding diaryl/α,β-unsaturated/α-hetero) is 1. The number of anilines is 1. The maximum absolute atomic E-state index is 12.2. The van der Waals surface area contributed by atoms with Gasteiger partial charge in [0, 0.05) is 44.0 Å². The van der Waals surface area contributed by atoms with Crippen LogP contribution in [0.15, 0.2) is 54.6 Å². The lowest BCUT2D eigenvalue weighted by Crippen LogP contribution is -2.49. The van der Waals surface area contributed by atoms with Crippen molar-refractivity contribution in [3.63, 3.8) is 0 Å². The molecule has 1 aliphatic rings. The van der Waals surface area contributed by atoms with Gasteiger partial charge in [-0.05, 0) is 49.6 Å². The Labute approximate surface area is 167 Å². The fraction of sp³-hybridized carbons (Fsp3) is 0.391. The molecule has 5 nitrogen and oxygen atoms in total. The summed E-state index contributed by atoms with van der Waals surface area (Å²) < 4.78 is 0. The number of carbonyl (C=O) groups excluding carboxylic acids is 2. The summed E-state index contributed by atoms with van der Waals surface area (Å²) in [6.07, 6.45) is 1.95. The van der Waals surface area contributed by atoms with Crippen LogP contribution in [-0.2, 0) is 11.2 Å². The second-order valence-electron chi connectivity index (χ2n) is 7.31. The van der Waals surface area contributed by atoms with Crippen molar-refractivity contribution in [1.82, 2.24) is 10.2 Å². The molecular weight excluding hydrogens is 350 g/mol. The Morgan fingerprint density at radius 3 is 2.25 bits per heavy atom. The highest BCUT2D eigenvalue weighted by atomic mass is 16.2. The average molecular weight is 380 g/mol. The van der Waals surface area contributed by atoms with Gasteiger partial charge < -0.3 is 10.2 Å². The molecule has 0 bridgehead atoms. The van der Waals surface area contributed by atoms with E-state index in [0.717, 1.165) is 56.8 Å². The van der Waals surface area contributed by atoms with Gasteiger partial charge in [0.25, 0.3) is 0 Å². The molecule has 148 valence electrons. The van der Waals surface area contributed by atoms with Crippen molar-refractivity contribution in [3.05, 3.63) is 65.7 Å². The molecule has 1 N–H and O–H groups in total. The first-order valence-electron chi connectivity index (χ1n) is 10.0. The van der Waals surface area contributed by atoms with Crippen molar-refractivity contribution >= 4 is 17.4 Å². The molecule has 5 heteroatoms. The number of ketones is 1. The number of benzene rings is 2. The summed E-state index contributed by atoms with van der Waals surface area (Å²) in [6.45, 7) is 6.28. The van der Waals surface area contributed by atoms with Crippen molar-refractivity contribution in [2.45, 2.75) is 19.8 Å². The van der Waals surface area contributed by atoms with Crippen LogP contribution in [0.5, 0.6) is 0 Å². The van der Waals surface area contributed by atoms with Crippen LogP contribution in [0, 0.1) is 0 Å². The molecule has 0 aliphatic carbocycles. The molecule has 1 amide bonds. The normalized spacial score (nSPS) is 14.7. The summed E-state index contributed by atoms with van der Waals surface area (Å²) >= 11 is 0. The van der Waals surface area contributed by atoms with Gasteiger partial charge in [-0.15, -0.1) is 0 Å². The summed E-state index contributed by atoms with van der Waals surface area (Å²) in [5, 5.41) is 3.03. The van der Waals surface area contributed by atoms with E-state index in [1.165, 1.54) is 5.56 Å². The number of nitrogens with one attached hydrogen (secondary N) is 1. The van der Waals surface area contributed by atoms with Crippen LogP contribution < -0.4 is 10.2 Å². The van der Waals surface area contributed by atoms with E-state index >= 15 is 0 Å². The highest BCUT2D eigenvalue weighted by molar-refractivity contribution is 5.94. The van der Waals surface area contributed by atoms with Crippen LogP contribution in [0.25, 0.3) is 0 Å². The molecule has 0 saturated carbocycles. The van der Waals surface area contributed by atoms with Gasteiger partial charge in [0.05, 0.1) is 6.54 Å². The number of nitrogens with zero attached hydrogens (tertiary/aromatic N) is 2. The van der Waals surface area contributed by atoms with Crippen molar-refractivity contribution in [2.75, 3.05) is 44.2 Å². The SMILES string of the molecule is CC(=O)c1ccc(N2CCN(CC(=O)NCCCc3ccccc3)CC2)cc1. The van der Waals surface area contributed by atoms with E-state index in [0.29, 0.717) is 6.54 Å². The third kappa shape index (κ3) is 5.92. The van der Waals surface area contributed by atoms with Crippen molar-refractivity contribution in [3.8, 4) is 0 Å². The number of aryl methyl sites for hydroxylation is 1. The minimum absolute atomic E-state index is 0.0890. The van der Waals surface area contributed by atoms with Gasteiger partial charge >= 0.3 is 0 Å². The molecule has 2 aromatic carbocycles. The molecule has 28 heavy (non-hydrogen) atoms. The molecule has 0 aromatic heterocycles. The average Bonchev–Trinajstić information content (AvgIpc) is 2.73. The maximum Gasteiger partial charge on any atom is 0.234 e. The third-order valence-electron chi connectivity index (χ3n) is 5.19. The molecule has 1 saturated heterocycles. The Bertz CT molecular complexity index is 766. The van der Waals surface area contributed by atoms with E-state index in [9.17, 15) is 9.59 Å². The molecule has 0 unspecified atom stereocenters. The number of hydrogen-bond acceptors (Lipinski definition) is 4. The molecule has 0 radical (unpaired) electrons. The topological polar surface area (TPSA) is 52.7 Å². The summed E-state index contributed by atoms with van der Waals surface area (Å²) in [5.74, 6) is 0.193.